The van der Waals surface area contributed by atoms with Crippen LogP contribution in [-0.2, 0) is 14.8 Å². The highest BCUT2D eigenvalue weighted by Gasteiger charge is 2.30. The number of carboxylic acid groups (broad SMARTS) is 1. The number of nitrogens with zero attached hydrogens (tertiary/aromatic N) is 3. The minimum absolute atomic E-state index is 0.0349. The third-order valence-electron chi connectivity index (χ3n) is 3.82. The van der Waals surface area contributed by atoms with Crippen molar-refractivity contribution in [3.8, 4) is 5.69 Å². The molecule has 0 bridgehead atoms. The fourth-order valence-electron chi connectivity index (χ4n) is 2.64. The highest BCUT2D eigenvalue weighted by molar-refractivity contribution is 7.93. The predicted molar refractivity (Wildman–Crippen MR) is 90.5 cm³/mol. The number of sulfonamides is 1. The summed E-state index contributed by atoms with van der Waals surface area (Å²) in [5, 5.41) is 15.6. The lowest BCUT2D eigenvalue weighted by Crippen LogP contribution is -2.41. The molecule has 3 N–H and O–H groups in total. The zero-order chi connectivity index (χ0) is 19.1. The summed E-state index contributed by atoms with van der Waals surface area (Å²) in [4.78, 5) is 27.4. The number of carbonyl (C=O) groups excluding carboxylic acids is 1. The van der Waals surface area contributed by atoms with E-state index >= 15 is 0 Å². The molecule has 26 heavy (non-hydrogen) atoms. The van der Waals surface area contributed by atoms with E-state index in [2.05, 4.69) is 20.1 Å². The molecule has 138 valence electrons. The van der Waals surface area contributed by atoms with Gasteiger partial charge in [-0.25, -0.2) is 17.9 Å². The van der Waals surface area contributed by atoms with Crippen LogP contribution in [0.2, 0.25) is 0 Å². The van der Waals surface area contributed by atoms with Gasteiger partial charge in [0.25, 0.3) is 15.9 Å². The van der Waals surface area contributed by atoms with Crippen molar-refractivity contribution in [1.29, 1.82) is 0 Å². The van der Waals surface area contributed by atoms with Crippen molar-refractivity contribution in [2.75, 3.05) is 4.72 Å². The van der Waals surface area contributed by atoms with Gasteiger partial charge in [-0.3, -0.25) is 4.79 Å². The van der Waals surface area contributed by atoms with Crippen molar-refractivity contribution in [1.82, 2.24) is 20.1 Å². The van der Waals surface area contributed by atoms with Crippen LogP contribution in [0.25, 0.3) is 5.69 Å². The van der Waals surface area contributed by atoms with Crippen molar-refractivity contribution >= 4 is 27.8 Å². The summed E-state index contributed by atoms with van der Waals surface area (Å²) in [5.74, 6) is -1.69. The molecule has 0 fully saturated rings. The first-order chi connectivity index (χ1) is 12.2. The minimum atomic E-state index is -3.91. The molecule has 0 spiro atoms. The highest BCUT2D eigenvalue weighted by Crippen LogP contribution is 2.29. The van der Waals surface area contributed by atoms with Gasteiger partial charge < -0.3 is 10.4 Å². The molecule has 0 radical (unpaired) electrons. The molecule has 2 heterocycles. The van der Waals surface area contributed by atoms with Gasteiger partial charge in [-0.2, -0.15) is 14.8 Å². The van der Waals surface area contributed by atoms with E-state index in [4.69, 9.17) is 0 Å². The van der Waals surface area contributed by atoms with Gasteiger partial charge in [0.15, 0.2) is 0 Å². The maximum Gasteiger partial charge on any atom is 0.326 e. The molecule has 1 aromatic carbocycles. The van der Waals surface area contributed by atoms with Crippen LogP contribution in [0.1, 0.15) is 30.6 Å². The number of hydrogen-bond acceptors (Lipinski definition) is 6. The summed E-state index contributed by atoms with van der Waals surface area (Å²) in [7, 11) is -3.91. The Bertz CT molecular complexity index is 982. The van der Waals surface area contributed by atoms with Crippen molar-refractivity contribution < 1.29 is 23.1 Å². The largest absolute Gasteiger partial charge is 0.480 e. The van der Waals surface area contributed by atoms with Crippen LogP contribution in [0, 0.1) is 5.92 Å². The Hall–Kier alpha value is -2.95. The summed E-state index contributed by atoms with van der Waals surface area (Å²) in [6.07, 6.45) is 1.46. The van der Waals surface area contributed by atoms with Gasteiger partial charge >= 0.3 is 5.97 Å². The maximum absolute atomic E-state index is 12.4. The Kier molecular flexibility index (Phi) is 4.40. The van der Waals surface area contributed by atoms with Crippen LogP contribution in [0.3, 0.4) is 0 Å². The van der Waals surface area contributed by atoms with Gasteiger partial charge in [0.05, 0.1) is 5.69 Å². The molecule has 1 aliphatic heterocycles. The first-order valence-electron chi connectivity index (χ1n) is 7.80. The number of amides is 1. The Labute approximate surface area is 149 Å². The molecule has 0 saturated carbocycles. The van der Waals surface area contributed by atoms with Crippen molar-refractivity contribution in [2.24, 2.45) is 5.92 Å². The second kappa shape index (κ2) is 6.41. The van der Waals surface area contributed by atoms with E-state index in [0.29, 0.717) is 0 Å². The third kappa shape index (κ3) is 3.25. The molecular weight excluding hydrogens is 362 g/mol. The normalized spacial score (nSPS) is 15.5. The number of hydrogen-bond donors (Lipinski definition) is 3. The fraction of sp³-hybridized carbons (Fsp3) is 0.333. The van der Waals surface area contributed by atoms with E-state index in [0.717, 1.165) is 0 Å². The van der Waals surface area contributed by atoms with Crippen molar-refractivity contribution in [3.63, 3.8) is 0 Å². The van der Waals surface area contributed by atoms with Gasteiger partial charge in [0, 0.05) is 5.56 Å². The molecule has 1 aliphatic rings. The molecule has 11 heteroatoms. The topological polar surface area (TPSA) is 143 Å². The first kappa shape index (κ1) is 17.9. The van der Waals surface area contributed by atoms with Crippen LogP contribution < -0.4 is 10.0 Å². The first-order valence-corrected chi connectivity index (χ1v) is 9.28. The van der Waals surface area contributed by atoms with Crippen LogP contribution in [0.5, 0.6) is 0 Å². The second-order valence-electron chi connectivity index (χ2n) is 6.28. The predicted octanol–water partition coefficient (Wildman–Crippen LogP) is 0.611. The summed E-state index contributed by atoms with van der Waals surface area (Å²) in [6, 6.07) is 2.97. The number of aromatic nitrogens is 3. The number of carboxylic acids is 1. The SMILES string of the molecule is CC(C)CC(NC(=O)c1ccc2c(c1)S(=O)(=O)Nc1ncnn1-2)C(=O)O. The molecule has 1 aromatic heterocycles. The summed E-state index contributed by atoms with van der Waals surface area (Å²) < 4.78 is 28.3. The number of fused-ring (bicyclic) bond motifs is 3. The van der Waals surface area contributed by atoms with Crippen LogP contribution in [-0.4, -0.2) is 46.2 Å². The van der Waals surface area contributed by atoms with Gasteiger partial charge in [-0.15, -0.1) is 0 Å². The van der Waals surface area contributed by atoms with Crippen molar-refractivity contribution in [2.45, 2.75) is 31.2 Å². The summed E-state index contributed by atoms with van der Waals surface area (Å²) in [5.41, 5.74) is 0.289. The van der Waals surface area contributed by atoms with Crippen LogP contribution in [0.15, 0.2) is 29.4 Å². The number of nitrogens with one attached hydrogen (secondary N) is 2. The lowest BCUT2D eigenvalue weighted by molar-refractivity contribution is -0.139. The van der Waals surface area contributed by atoms with Crippen LogP contribution in [0.4, 0.5) is 5.95 Å². The fourth-order valence-corrected chi connectivity index (χ4v) is 3.84. The Morgan fingerprint density at radius 1 is 1.35 bits per heavy atom. The van der Waals surface area contributed by atoms with E-state index < -0.39 is 27.9 Å². The number of carbonyl (C=O) groups is 2. The Morgan fingerprint density at radius 2 is 2.08 bits per heavy atom. The third-order valence-corrected chi connectivity index (χ3v) is 5.18. The standard InChI is InChI=1S/C15H17N5O5S/c1-8(2)5-10(14(22)23)18-13(21)9-3-4-11-12(6-9)26(24,25)19-15-16-7-17-20(11)15/h3-4,6-8,10H,5H2,1-2H3,(H,18,21)(H,22,23)(H,16,17,19). The molecule has 1 amide bonds. The van der Waals surface area contributed by atoms with Gasteiger partial charge in [0.1, 0.15) is 17.3 Å². The second-order valence-corrected chi connectivity index (χ2v) is 7.93. The van der Waals surface area contributed by atoms with E-state index in [1.165, 1.54) is 29.2 Å². The molecule has 1 unspecified atom stereocenters. The number of benzene rings is 1. The monoisotopic (exact) mass is 379 g/mol. The molecule has 0 saturated heterocycles. The molecule has 0 aliphatic carbocycles. The average molecular weight is 379 g/mol. The zero-order valence-corrected chi connectivity index (χ0v) is 14.8. The van der Waals surface area contributed by atoms with Gasteiger partial charge in [0.2, 0.25) is 5.95 Å². The van der Waals surface area contributed by atoms with Gasteiger partial charge in [-0.05, 0) is 30.5 Å². The zero-order valence-electron chi connectivity index (χ0n) is 14.0. The smallest absolute Gasteiger partial charge is 0.326 e. The van der Waals surface area contributed by atoms with Gasteiger partial charge in [-0.1, -0.05) is 13.8 Å². The van der Waals surface area contributed by atoms with E-state index in [1.807, 2.05) is 13.8 Å². The van der Waals surface area contributed by atoms with Crippen molar-refractivity contribution in [3.05, 3.63) is 30.1 Å². The van der Waals surface area contributed by atoms with Crippen LogP contribution >= 0.6 is 0 Å². The quantitative estimate of drug-likeness (QED) is 0.690. The van der Waals surface area contributed by atoms with E-state index in [-0.39, 0.29) is 34.4 Å². The average Bonchev–Trinajstić information content (AvgIpc) is 3.00. The number of rotatable bonds is 5. The molecule has 2 aromatic rings. The molecule has 3 rings (SSSR count). The molecule has 10 nitrogen and oxygen atoms in total. The number of anilines is 1. The molecular formula is C15H17N5O5S. The van der Waals surface area contributed by atoms with E-state index in [1.54, 1.807) is 0 Å². The van der Waals surface area contributed by atoms with E-state index in [9.17, 15) is 23.1 Å². The molecule has 1 atom stereocenters. The summed E-state index contributed by atoms with van der Waals surface area (Å²) >= 11 is 0. The lowest BCUT2D eigenvalue weighted by atomic mass is 10.0. The number of aliphatic carboxylic acids is 1. The Balaban J connectivity index is 1.94. The minimum Gasteiger partial charge on any atom is -0.480 e. The Morgan fingerprint density at radius 3 is 2.73 bits per heavy atom. The highest BCUT2D eigenvalue weighted by atomic mass is 32.2. The summed E-state index contributed by atoms with van der Waals surface area (Å²) in [6.45, 7) is 3.68. The lowest BCUT2D eigenvalue weighted by Gasteiger charge is -2.20. The maximum atomic E-state index is 12.4.